The third-order valence-corrected chi connectivity index (χ3v) is 3.75. The average molecular weight is 320 g/mol. The molecule has 2 aromatic heterocycles. The number of anilines is 2. The van der Waals surface area contributed by atoms with Crippen LogP contribution in [0.25, 0.3) is 10.9 Å². The quantitative estimate of drug-likeness (QED) is 0.767. The van der Waals surface area contributed by atoms with Crippen molar-refractivity contribution >= 4 is 22.8 Å². The van der Waals surface area contributed by atoms with E-state index in [2.05, 4.69) is 25.3 Å². The van der Waals surface area contributed by atoms with Gasteiger partial charge in [0.1, 0.15) is 0 Å². The van der Waals surface area contributed by atoms with Gasteiger partial charge in [0, 0.05) is 5.39 Å². The van der Waals surface area contributed by atoms with E-state index in [1.807, 2.05) is 38.1 Å². The van der Waals surface area contributed by atoms with Crippen LogP contribution in [0.5, 0.6) is 0 Å². The topological polar surface area (TPSA) is 107 Å². The van der Waals surface area contributed by atoms with E-state index < -0.39 is 0 Å². The number of nitrogens with one attached hydrogen (secondary N) is 2. The molecule has 120 valence electrons. The van der Waals surface area contributed by atoms with Gasteiger partial charge in [-0.1, -0.05) is 12.1 Å². The van der Waals surface area contributed by atoms with Crippen LogP contribution in [-0.2, 0) is 6.42 Å². The summed E-state index contributed by atoms with van der Waals surface area (Å²) in [6, 6.07) is 7.95. The highest BCUT2D eigenvalue weighted by Crippen LogP contribution is 2.19. The first kappa shape index (κ1) is 15.6. The lowest BCUT2D eigenvalue weighted by Gasteiger charge is -2.09. The maximum Gasteiger partial charge on any atom is 0.256 e. The summed E-state index contributed by atoms with van der Waals surface area (Å²) < 4.78 is 0. The van der Waals surface area contributed by atoms with Gasteiger partial charge in [0.2, 0.25) is 11.9 Å². The zero-order valence-corrected chi connectivity index (χ0v) is 13.6. The highest BCUT2D eigenvalue weighted by atomic mass is 16.1. The molecule has 0 radical (unpaired) electrons. The molecule has 3 aromatic rings. The number of hydrogen-bond donors (Lipinski definition) is 2. The molecule has 0 spiro atoms. The molecule has 24 heavy (non-hydrogen) atoms. The SMILES string of the molecule is Cc1ccc2c(C)nc(Nc3nc(C)c(CC#N)c(=O)[nH]3)nc2c1. The molecule has 7 heteroatoms. The highest BCUT2D eigenvalue weighted by molar-refractivity contribution is 5.82. The first-order chi connectivity index (χ1) is 11.5. The monoisotopic (exact) mass is 320 g/mol. The number of aromatic nitrogens is 4. The minimum atomic E-state index is -0.333. The smallest absolute Gasteiger partial charge is 0.256 e. The van der Waals surface area contributed by atoms with Crippen molar-refractivity contribution in [3.05, 3.63) is 51.1 Å². The second kappa shape index (κ2) is 6.08. The van der Waals surface area contributed by atoms with Crippen molar-refractivity contribution in [2.45, 2.75) is 27.2 Å². The van der Waals surface area contributed by atoms with E-state index in [1.54, 1.807) is 6.92 Å². The van der Waals surface area contributed by atoms with E-state index in [-0.39, 0.29) is 17.9 Å². The zero-order chi connectivity index (χ0) is 17.3. The van der Waals surface area contributed by atoms with E-state index in [0.29, 0.717) is 17.2 Å². The van der Waals surface area contributed by atoms with E-state index >= 15 is 0 Å². The van der Waals surface area contributed by atoms with Crippen LogP contribution in [0.15, 0.2) is 23.0 Å². The normalized spacial score (nSPS) is 10.6. The Balaban J connectivity index is 2.01. The third-order valence-electron chi connectivity index (χ3n) is 3.75. The van der Waals surface area contributed by atoms with Gasteiger partial charge in [-0.05, 0) is 32.4 Å². The predicted molar refractivity (Wildman–Crippen MR) is 91.2 cm³/mol. The molecule has 0 aliphatic heterocycles. The molecule has 0 aliphatic rings. The summed E-state index contributed by atoms with van der Waals surface area (Å²) in [5.74, 6) is 0.617. The molecule has 1 aromatic carbocycles. The molecule has 0 atom stereocenters. The summed E-state index contributed by atoms with van der Waals surface area (Å²) in [4.78, 5) is 27.8. The fraction of sp³-hybridized carbons (Fsp3) is 0.235. The summed E-state index contributed by atoms with van der Waals surface area (Å²) in [6.07, 6.45) is 0.0271. The number of fused-ring (bicyclic) bond motifs is 1. The zero-order valence-electron chi connectivity index (χ0n) is 13.6. The minimum absolute atomic E-state index is 0.0271. The number of hydrogen-bond acceptors (Lipinski definition) is 6. The van der Waals surface area contributed by atoms with Gasteiger partial charge in [0.25, 0.3) is 5.56 Å². The number of aromatic amines is 1. The molecule has 0 aliphatic carbocycles. The highest BCUT2D eigenvalue weighted by Gasteiger charge is 2.10. The van der Waals surface area contributed by atoms with Gasteiger partial charge >= 0.3 is 0 Å². The molecule has 0 saturated heterocycles. The number of rotatable bonds is 3. The largest absolute Gasteiger partial charge is 0.294 e. The Bertz CT molecular complexity index is 1030. The number of aryl methyl sites for hydroxylation is 3. The van der Waals surface area contributed by atoms with Crippen molar-refractivity contribution in [2.24, 2.45) is 0 Å². The lowest BCUT2D eigenvalue weighted by atomic mass is 10.1. The molecular formula is C17H16N6O. The Kier molecular flexibility index (Phi) is 3.96. The number of nitriles is 1. The van der Waals surface area contributed by atoms with E-state index in [0.717, 1.165) is 22.2 Å². The summed E-state index contributed by atoms with van der Waals surface area (Å²) >= 11 is 0. The van der Waals surface area contributed by atoms with Gasteiger partial charge in [-0.3, -0.25) is 15.1 Å². The van der Waals surface area contributed by atoms with Crippen LogP contribution in [-0.4, -0.2) is 19.9 Å². The second-order valence-electron chi connectivity index (χ2n) is 5.59. The van der Waals surface area contributed by atoms with Gasteiger partial charge in [0.05, 0.1) is 35.0 Å². The van der Waals surface area contributed by atoms with Gasteiger partial charge < -0.3 is 0 Å². The first-order valence-electron chi connectivity index (χ1n) is 7.46. The van der Waals surface area contributed by atoms with Crippen molar-refractivity contribution in [3.8, 4) is 6.07 Å². The Hall–Kier alpha value is -3.27. The van der Waals surface area contributed by atoms with Crippen molar-refractivity contribution < 1.29 is 0 Å². The molecule has 0 unspecified atom stereocenters. The predicted octanol–water partition coefficient (Wildman–Crippen LogP) is 2.45. The summed E-state index contributed by atoms with van der Waals surface area (Å²) in [5.41, 5.74) is 3.31. The van der Waals surface area contributed by atoms with Crippen molar-refractivity contribution in [1.29, 1.82) is 5.26 Å². The van der Waals surface area contributed by atoms with Crippen LogP contribution in [0.1, 0.15) is 22.5 Å². The Morgan fingerprint density at radius 3 is 2.67 bits per heavy atom. The Morgan fingerprint density at radius 1 is 1.17 bits per heavy atom. The van der Waals surface area contributed by atoms with Crippen molar-refractivity contribution in [2.75, 3.05) is 5.32 Å². The Morgan fingerprint density at radius 2 is 1.96 bits per heavy atom. The maximum atomic E-state index is 12.0. The first-order valence-corrected chi connectivity index (χ1v) is 7.46. The molecule has 0 bridgehead atoms. The van der Waals surface area contributed by atoms with Gasteiger partial charge in [-0.15, -0.1) is 0 Å². The molecule has 3 rings (SSSR count). The number of H-pyrrole nitrogens is 1. The molecule has 2 N–H and O–H groups in total. The van der Waals surface area contributed by atoms with Crippen molar-refractivity contribution in [1.82, 2.24) is 19.9 Å². The van der Waals surface area contributed by atoms with Gasteiger partial charge in [0.15, 0.2) is 0 Å². The Labute approximate surface area is 138 Å². The second-order valence-corrected chi connectivity index (χ2v) is 5.59. The van der Waals surface area contributed by atoms with Crippen LogP contribution in [0.3, 0.4) is 0 Å². The molecule has 2 heterocycles. The average Bonchev–Trinajstić information content (AvgIpc) is 2.50. The third kappa shape index (κ3) is 2.94. The van der Waals surface area contributed by atoms with Crippen LogP contribution >= 0.6 is 0 Å². The molecular weight excluding hydrogens is 304 g/mol. The fourth-order valence-corrected chi connectivity index (χ4v) is 2.52. The van der Waals surface area contributed by atoms with Crippen LogP contribution < -0.4 is 10.9 Å². The molecule has 7 nitrogen and oxygen atoms in total. The summed E-state index contributed by atoms with van der Waals surface area (Å²) in [5, 5.41) is 12.7. The van der Waals surface area contributed by atoms with Crippen LogP contribution in [0, 0.1) is 32.1 Å². The van der Waals surface area contributed by atoms with Crippen LogP contribution in [0.2, 0.25) is 0 Å². The minimum Gasteiger partial charge on any atom is -0.294 e. The van der Waals surface area contributed by atoms with Gasteiger partial charge in [-0.2, -0.15) is 5.26 Å². The lowest BCUT2D eigenvalue weighted by Crippen LogP contribution is -2.18. The fourth-order valence-electron chi connectivity index (χ4n) is 2.52. The maximum absolute atomic E-state index is 12.0. The van der Waals surface area contributed by atoms with E-state index in [4.69, 9.17) is 5.26 Å². The molecule has 0 amide bonds. The number of benzene rings is 1. The lowest BCUT2D eigenvalue weighted by molar-refractivity contribution is 0.992. The summed E-state index contributed by atoms with van der Waals surface area (Å²) in [7, 11) is 0. The standard InChI is InChI=1S/C17H16N6O/c1-9-4-5-12-10(2)19-16(21-14(12)8-9)23-17-20-11(3)13(6-7-18)15(24)22-17/h4-5,8H,6H2,1-3H3,(H2,19,20,21,22,23,24). The van der Waals surface area contributed by atoms with E-state index in [1.165, 1.54) is 0 Å². The number of nitrogens with zero attached hydrogens (tertiary/aromatic N) is 4. The summed E-state index contributed by atoms with van der Waals surface area (Å²) in [6.45, 7) is 5.60. The van der Waals surface area contributed by atoms with Gasteiger partial charge in [-0.25, -0.2) is 15.0 Å². The van der Waals surface area contributed by atoms with E-state index in [9.17, 15) is 4.79 Å². The molecule has 0 fully saturated rings. The molecule has 0 saturated carbocycles. The van der Waals surface area contributed by atoms with Crippen LogP contribution in [0.4, 0.5) is 11.9 Å². The van der Waals surface area contributed by atoms with Crippen molar-refractivity contribution in [3.63, 3.8) is 0 Å².